The third kappa shape index (κ3) is 2.92. The first-order valence-electron chi connectivity index (χ1n) is 6.00. The van der Waals surface area contributed by atoms with Gasteiger partial charge in [0, 0.05) is 12.2 Å². The van der Waals surface area contributed by atoms with Crippen molar-refractivity contribution in [2.45, 2.75) is 13.5 Å². The van der Waals surface area contributed by atoms with E-state index in [0.29, 0.717) is 12.2 Å². The lowest BCUT2D eigenvalue weighted by Gasteiger charge is -2.13. The molecule has 0 atom stereocenters. The van der Waals surface area contributed by atoms with Crippen molar-refractivity contribution >= 4 is 17.3 Å². The fourth-order valence-corrected chi connectivity index (χ4v) is 1.88. The lowest BCUT2D eigenvalue weighted by Crippen LogP contribution is -2.04. The van der Waals surface area contributed by atoms with Crippen molar-refractivity contribution in [1.82, 2.24) is 0 Å². The minimum absolute atomic E-state index is 0.267. The second kappa shape index (κ2) is 5.54. The second-order valence-electron chi connectivity index (χ2n) is 4.33. The van der Waals surface area contributed by atoms with Gasteiger partial charge in [0.15, 0.2) is 0 Å². The van der Waals surface area contributed by atoms with Crippen LogP contribution in [0.5, 0.6) is 0 Å². The number of aromatic carboxylic acids is 1. The lowest BCUT2D eigenvalue weighted by atomic mass is 10.1. The molecule has 4 nitrogen and oxygen atoms in total. The van der Waals surface area contributed by atoms with Crippen LogP contribution in [0.15, 0.2) is 42.5 Å². The summed E-state index contributed by atoms with van der Waals surface area (Å²) in [5.74, 6) is -0.940. The molecule has 2 aromatic carbocycles. The predicted molar refractivity (Wildman–Crippen MR) is 75.8 cm³/mol. The summed E-state index contributed by atoms with van der Waals surface area (Å²) in [6.07, 6.45) is 0. The average Bonchev–Trinajstić information content (AvgIpc) is 2.41. The number of para-hydroxylation sites is 1. The predicted octanol–water partition coefficient (Wildman–Crippen LogP) is 2.90. The molecule has 0 aliphatic rings. The summed E-state index contributed by atoms with van der Waals surface area (Å²) in [6.45, 7) is 2.37. The van der Waals surface area contributed by atoms with Crippen molar-refractivity contribution in [3.05, 3.63) is 59.2 Å². The Morgan fingerprint density at radius 2 is 1.89 bits per heavy atom. The Morgan fingerprint density at radius 3 is 2.47 bits per heavy atom. The number of anilines is 2. The molecule has 19 heavy (non-hydrogen) atoms. The van der Waals surface area contributed by atoms with Crippen LogP contribution in [-0.4, -0.2) is 11.1 Å². The molecule has 0 radical (unpaired) electrons. The van der Waals surface area contributed by atoms with Crippen LogP contribution in [-0.2, 0) is 6.54 Å². The van der Waals surface area contributed by atoms with E-state index >= 15 is 0 Å². The monoisotopic (exact) mass is 256 g/mol. The summed E-state index contributed by atoms with van der Waals surface area (Å²) in [5.41, 5.74) is 9.20. The second-order valence-corrected chi connectivity index (χ2v) is 4.33. The molecule has 0 amide bonds. The van der Waals surface area contributed by atoms with E-state index in [2.05, 4.69) is 5.32 Å². The van der Waals surface area contributed by atoms with Gasteiger partial charge in [-0.3, -0.25) is 0 Å². The summed E-state index contributed by atoms with van der Waals surface area (Å²) in [7, 11) is 0. The Bertz CT molecular complexity index is 592. The molecule has 2 aromatic rings. The van der Waals surface area contributed by atoms with Gasteiger partial charge in [-0.1, -0.05) is 24.3 Å². The van der Waals surface area contributed by atoms with Crippen molar-refractivity contribution in [3.63, 3.8) is 0 Å². The number of carbonyl (C=O) groups is 1. The Hall–Kier alpha value is -2.33. The van der Waals surface area contributed by atoms with Crippen LogP contribution < -0.4 is 11.1 Å². The van der Waals surface area contributed by atoms with Gasteiger partial charge in [-0.2, -0.15) is 0 Å². The average molecular weight is 256 g/mol. The summed E-state index contributed by atoms with van der Waals surface area (Å²) < 4.78 is 0. The molecule has 4 N–H and O–H groups in total. The smallest absolute Gasteiger partial charge is 0.337 e. The lowest BCUT2D eigenvalue weighted by molar-refractivity contribution is 0.0698. The number of nitrogens with two attached hydrogens (primary N) is 1. The Morgan fingerprint density at radius 1 is 1.21 bits per heavy atom. The van der Waals surface area contributed by atoms with Gasteiger partial charge in [0.05, 0.1) is 11.3 Å². The van der Waals surface area contributed by atoms with Gasteiger partial charge in [0.2, 0.25) is 0 Å². The van der Waals surface area contributed by atoms with E-state index in [1.165, 1.54) is 0 Å². The molecule has 0 fully saturated rings. The van der Waals surface area contributed by atoms with Gasteiger partial charge < -0.3 is 16.2 Å². The Kier molecular flexibility index (Phi) is 3.82. The van der Waals surface area contributed by atoms with Gasteiger partial charge in [0.25, 0.3) is 0 Å². The first kappa shape index (κ1) is 13.1. The largest absolute Gasteiger partial charge is 0.478 e. The van der Waals surface area contributed by atoms with Crippen molar-refractivity contribution < 1.29 is 9.90 Å². The number of aryl methyl sites for hydroxylation is 1. The number of carboxylic acid groups (broad SMARTS) is 1. The topological polar surface area (TPSA) is 75.3 Å². The van der Waals surface area contributed by atoms with Crippen molar-refractivity contribution in [1.29, 1.82) is 0 Å². The molecule has 0 heterocycles. The van der Waals surface area contributed by atoms with Crippen LogP contribution in [0, 0.1) is 6.92 Å². The number of hydrogen-bond donors (Lipinski definition) is 3. The molecule has 0 spiro atoms. The highest BCUT2D eigenvalue weighted by atomic mass is 16.4. The van der Waals surface area contributed by atoms with Crippen molar-refractivity contribution in [2.75, 3.05) is 5.32 Å². The number of rotatable bonds is 4. The minimum atomic E-state index is -0.940. The van der Waals surface area contributed by atoms with Gasteiger partial charge in [-0.05, 0) is 36.2 Å². The summed E-state index contributed by atoms with van der Waals surface area (Å²) >= 11 is 0. The summed E-state index contributed by atoms with van der Waals surface area (Å²) in [5, 5.41) is 12.3. The van der Waals surface area contributed by atoms with E-state index in [-0.39, 0.29) is 5.56 Å². The van der Waals surface area contributed by atoms with E-state index in [4.69, 9.17) is 5.73 Å². The molecule has 0 aliphatic heterocycles. The fourth-order valence-electron chi connectivity index (χ4n) is 1.88. The van der Waals surface area contributed by atoms with Crippen LogP contribution in [0.25, 0.3) is 0 Å². The van der Waals surface area contributed by atoms with E-state index < -0.39 is 5.97 Å². The van der Waals surface area contributed by atoms with E-state index in [0.717, 1.165) is 16.8 Å². The van der Waals surface area contributed by atoms with E-state index in [1.54, 1.807) is 12.1 Å². The molecule has 0 unspecified atom stereocenters. The quantitative estimate of drug-likeness (QED) is 0.786. The third-order valence-electron chi connectivity index (χ3n) is 2.96. The highest BCUT2D eigenvalue weighted by Gasteiger charge is 2.11. The maximum absolute atomic E-state index is 11.2. The fraction of sp³-hybridized carbons (Fsp3) is 0.133. The molecular weight excluding hydrogens is 240 g/mol. The number of hydrogen-bond acceptors (Lipinski definition) is 3. The molecule has 2 rings (SSSR count). The van der Waals surface area contributed by atoms with Crippen molar-refractivity contribution in [2.24, 2.45) is 5.73 Å². The molecule has 0 saturated heterocycles. The maximum Gasteiger partial charge on any atom is 0.337 e. The SMILES string of the molecule is Cc1cccc(C(=O)O)c1Nc1ccc(CN)cc1. The van der Waals surface area contributed by atoms with Gasteiger partial charge in [-0.15, -0.1) is 0 Å². The molecule has 98 valence electrons. The third-order valence-corrected chi connectivity index (χ3v) is 2.96. The normalized spacial score (nSPS) is 10.2. The number of benzene rings is 2. The summed E-state index contributed by atoms with van der Waals surface area (Å²) in [6, 6.07) is 12.8. The van der Waals surface area contributed by atoms with Gasteiger partial charge in [-0.25, -0.2) is 4.79 Å². The van der Waals surface area contributed by atoms with Gasteiger partial charge in [0.1, 0.15) is 0 Å². The summed E-state index contributed by atoms with van der Waals surface area (Å²) in [4.78, 5) is 11.2. The van der Waals surface area contributed by atoms with Crippen LogP contribution in [0.2, 0.25) is 0 Å². The van der Waals surface area contributed by atoms with E-state index in [1.807, 2.05) is 37.3 Å². The minimum Gasteiger partial charge on any atom is -0.478 e. The van der Waals surface area contributed by atoms with Crippen LogP contribution >= 0.6 is 0 Å². The van der Waals surface area contributed by atoms with Crippen molar-refractivity contribution in [3.8, 4) is 0 Å². The first-order valence-corrected chi connectivity index (χ1v) is 6.00. The zero-order chi connectivity index (χ0) is 13.8. The molecule has 0 aromatic heterocycles. The van der Waals surface area contributed by atoms with E-state index in [9.17, 15) is 9.90 Å². The highest BCUT2D eigenvalue weighted by Crippen LogP contribution is 2.25. The molecule has 4 heteroatoms. The maximum atomic E-state index is 11.2. The van der Waals surface area contributed by atoms with Crippen LogP contribution in [0.4, 0.5) is 11.4 Å². The number of nitrogens with one attached hydrogen (secondary N) is 1. The van der Waals surface area contributed by atoms with Crippen LogP contribution in [0.1, 0.15) is 21.5 Å². The highest BCUT2D eigenvalue weighted by molar-refractivity contribution is 5.96. The molecule has 0 aliphatic carbocycles. The zero-order valence-corrected chi connectivity index (χ0v) is 10.7. The Balaban J connectivity index is 2.34. The van der Waals surface area contributed by atoms with Gasteiger partial charge >= 0.3 is 5.97 Å². The first-order chi connectivity index (χ1) is 9.11. The van der Waals surface area contributed by atoms with Crippen LogP contribution in [0.3, 0.4) is 0 Å². The Labute approximate surface area is 111 Å². The molecular formula is C15H16N2O2. The number of carboxylic acids is 1. The molecule has 0 saturated carbocycles. The standard InChI is InChI=1S/C15H16N2O2/c1-10-3-2-4-13(15(18)19)14(10)17-12-7-5-11(9-16)6-8-12/h2-8,17H,9,16H2,1H3,(H,18,19). The molecule has 0 bridgehead atoms. The zero-order valence-electron chi connectivity index (χ0n) is 10.7.